The summed E-state index contributed by atoms with van der Waals surface area (Å²) in [5, 5.41) is 15.5. The van der Waals surface area contributed by atoms with Gasteiger partial charge in [-0.25, -0.2) is 0 Å². The lowest BCUT2D eigenvalue weighted by Gasteiger charge is -2.12. The van der Waals surface area contributed by atoms with Crippen molar-refractivity contribution in [3.63, 3.8) is 0 Å². The van der Waals surface area contributed by atoms with Crippen LogP contribution in [0.25, 0.3) is 0 Å². The molecule has 1 N–H and O–H groups in total. The van der Waals surface area contributed by atoms with Crippen LogP contribution in [-0.2, 0) is 6.42 Å². The topological polar surface area (TPSA) is 46.0 Å². The van der Waals surface area contributed by atoms with Crippen LogP contribution in [0.1, 0.15) is 5.69 Å². The molecule has 0 bridgehead atoms. The molecule has 0 saturated heterocycles. The average molecular weight is 192 g/mol. The maximum absolute atomic E-state index is 11.8. The van der Waals surface area contributed by atoms with Crippen molar-refractivity contribution >= 4 is 0 Å². The molecule has 1 aromatic rings. The zero-order valence-electron chi connectivity index (χ0n) is 6.49. The maximum Gasteiger partial charge on any atom is 0.414 e. The lowest BCUT2D eigenvalue weighted by atomic mass is 10.2. The second kappa shape index (κ2) is 3.69. The predicted octanol–water partition coefficient (Wildman–Crippen LogP) is 0.942. The first-order valence-corrected chi connectivity index (χ1v) is 3.51. The van der Waals surface area contributed by atoms with Crippen LogP contribution in [-0.4, -0.2) is 27.6 Å². The fourth-order valence-corrected chi connectivity index (χ4v) is 0.756. The highest BCUT2D eigenvalue weighted by Crippen LogP contribution is 2.21. The average Bonchev–Trinajstić information content (AvgIpc) is 2.04. The van der Waals surface area contributed by atoms with E-state index >= 15 is 0 Å². The van der Waals surface area contributed by atoms with Gasteiger partial charge in [-0.05, 0) is 12.1 Å². The molecule has 0 aliphatic carbocycles. The Bertz CT molecular complexity index is 262. The number of hydrogen-bond acceptors (Lipinski definition) is 3. The molecule has 0 unspecified atom stereocenters. The molecule has 0 radical (unpaired) electrons. The Labute approximate surface area is 72.2 Å². The van der Waals surface area contributed by atoms with Crippen LogP contribution < -0.4 is 0 Å². The van der Waals surface area contributed by atoms with Gasteiger partial charge in [-0.15, -0.1) is 0 Å². The standard InChI is InChI=1S/C7H7F3N2O/c8-7(9,10)6(13)4-5-2-1-3-11-12-5/h1-3,6,13H,4H2/t6-/m1/s1. The Hall–Kier alpha value is -1.17. The van der Waals surface area contributed by atoms with Gasteiger partial charge < -0.3 is 5.11 Å². The van der Waals surface area contributed by atoms with E-state index in [1.807, 2.05) is 0 Å². The molecule has 0 aromatic carbocycles. The Kier molecular flexibility index (Phi) is 2.82. The largest absolute Gasteiger partial charge is 0.414 e. The van der Waals surface area contributed by atoms with Crippen LogP contribution in [0.15, 0.2) is 18.3 Å². The third-order valence-corrected chi connectivity index (χ3v) is 1.41. The Morgan fingerprint density at radius 1 is 1.46 bits per heavy atom. The van der Waals surface area contributed by atoms with Gasteiger partial charge >= 0.3 is 6.18 Å². The molecule has 1 atom stereocenters. The van der Waals surface area contributed by atoms with Crippen molar-refractivity contribution in [1.29, 1.82) is 0 Å². The van der Waals surface area contributed by atoms with Crippen LogP contribution in [0.5, 0.6) is 0 Å². The molecule has 72 valence electrons. The molecule has 1 heterocycles. The van der Waals surface area contributed by atoms with Crippen LogP contribution in [0.3, 0.4) is 0 Å². The molecule has 0 spiro atoms. The second-order valence-corrected chi connectivity index (χ2v) is 2.48. The van der Waals surface area contributed by atoms with E-state index in [0.29, 0.717) is 0 Å². The summed E-state index contributed by atoms with van der Waals surface area (Å²) in [6.07, 6.45) is -6.18. The second-order valence-electron chi connectivity index (χ2n) is 2.48. The smallest absolute Gasteiger partial charge is 0.383 e. The minimum atomic E-state index is -4.60. The number of aliphatic hydroxyl groups is 1. The molecule has 3 nitrogen and oxygen atoms in total. The lowest BCUT2D eigenvalue weighted by molar-refractivity contribution is -0.203. The molecule has 0 amide bonds. The third-order valence-electron chi connectivity index (χ3n) is 1.41. The van der Waals surface area contributed by atoms with Gasteiger partial charge in [0, 0.05) is 12.6 Å². The van der Waals surface area contributed by atoms with E-state index in [1.54, 1.807) is 0 Å². The molecular formula is C7H7F3N2O. The lowest BCUT2D eigenvalue weighted by Crippen LogP contribution is -2.30. The predicted molar refractivity (Wildman–Crippen MR) is 37.8 cm³/mol. The number of hydrogen-bond donors (Lipinski definition) is 1. The van der Waals surface area contributed by atoms with Crippen molar-refractivity contribution in [1.82, 2.24) is 10.2 Å². The summed E-state index contributed by atoms with van der Waals surface area (Å²) >= 11 is 0. The van der Waals surface area contributed by atoms with Gasteiger partial charge in [-0.1, -0.05) is 0 Å². The van der Waals surface area contributed by atoms with Crippen molar-refractivity contribution in [3.05, 3.63) is 24.0 Å². The van der Waals surface area contributed by atoms with E-state index in [1.165, 1.54) is 18.3 Å². The van der Waals surface area contributed by atoms with Gasteiger partial charge in [0.25, 0.3) is 0 Å². The molecule has 0 saturated carbocycles. The number of nitrogens with zero attached hydrogens (tertiary/aromatic N) is 2. The SMILES string of the molecule is O[C@H](Cc1cccnn1)C(F)(F)F. The first kappa shape index (κ1) is 9.91. The molecule has 1 aromatic heterocycles. The number of aliphatic hydroxyl groups excluding tert-OH is 1. The van der Waals surface area contributed by atoms with Crippen LogP contribution in [0.4, 0.5) is 13.2 Å². The molecule has 0 aliphatic rings. The van der Waals surface area contributed by atoms with E-state index in [4.69, 9.17) is 5.11 Å². The summed E-state index contributed by atoms with van der Waals surface area (Å²) in [5.41, 5.74) is 0.118. The Morgan fingerprint density at radius 2 is 2.15 bits per heavy atom. The Balaban J connectivity index is 2.61. The number of rotatable bonds is 2. The number of alkyl halides is 3. The van der Waals surface area contributed by atoms with Crippen molar-refractivity contribution in [2.45, 2.75) is 18.7 Å². The number of aromatic nitrogens is 2. The zero-order chi connectivity index (χ0) is 9.90. The van der Waals surface area contributed by atoms with Gasteiger partial charge in [0.2, 0.25) is 0 Å². The first-order valence-electron chi connectivity index (χ1n) is 3.51. The van der Waals surface area contributed by atoms with Crippen LogP contribution >= 0.6 is 0 Å². The van der Waals surface area contributed by atoms with Gasteiger partial charge in [-0.3, -0.25) is 0 Å². The first-order chi connectivity index (χ1) is 6.00. The van der Waals surface area contributed by atoms with Crippen LogP contribution in [0, 0.1) is 0 Å². The summed E-state index contributed by atoms with van der Waals surface area (Å²) in [4.78, 5) is 0. The third kappa shape index (κ3) is 2.98. The monoisotopic (exact) mass is 192 g/mol. The quantitative estimate of drug-likeness (QED) is 0.758. The van der Waals surface area contributed by atoms with E-state index < -0.39 is 18.7 Å². The maximum atomic E-state index is 11.8. The normalized spacial score (nSPS) is 14.2. The zero-order valence-corrected chi connectivity index (χ0v) is 6.49. The van der Waals surface area contributed by atoms with E-state index in [9.17, 15) is 13.2 Å². The van der Waals surface area contributed by atoms with Crippen molar-refractivity contribution < 1.29 is 18.3 Å². The summed E-state index contributed by atoms with van der Waals surface area (Å²) in [5.74, 6) is 0. The highest BCUT2D eigenvalue weighted by Gasteiger charge is 2.38. The fourth-order valence-electron chi connectivity index (χ4n) is 0.756. The summed E-state index contributed by atoms with van der Waals surface area (Å²) in [6.45, 7) is 0. The molecule has 13 heavy (non-hydrogen) atoms. The van der Waals surface area contributed by atoms with Gasteiger partial charge in [0.1, 0.15) is 0 Å². The molecule has 0 fully saturated rings. The summed E-state index contributed by atoms with van der Waals surface area (Å²) in [6, 6.07) is 2.84. The highest BCUT2D eigenvalue weighted by atomic mass is 19.4. The number of halogens is 3. The molecule has 0 aliphatic heterocycles. The van der Waals surface area contributed by atoms with Crippen molar-refractivity contribution in [3.8, 4) is 0 Å². The Morgan fingerprint density at radius 3 is 2.62 bits per heavy atom. The highest BCUT2D eigenvalue weighted by molar-refractivity contribution is 5.01. The van der Waals surface area contributed by atoms with Crippen LogP contribution in [0.2, 0.25) is 0 Å². The minimum Gasteiger partial charge on any atom is -0.383 e. The summed E-state index contributed by atoms with van der Waals surface area (Å²) in [7, 11) is 0. The molecular weight excluding hydrogens is 185 g/mol. The molecule has 6 heteroatoms. The minimum absolute atomic E-state index is 0.118. The van der Waals surface area contributed by atoms with Gasteiger partial charge in [0.05, 0.1) is 5.69 Å². The van der Waals surface area contributed by atoms with Gasteiger partial charge in [-0.2, -0.15) is 23.4 Å². The van der Waals surface area contributed by atoms with Crippen molar-refractivity contribution in [2.24, 2.45) is 0 Å². The molecule has 1 rings (SSSR count). The van der Waals surface area contributed by atoms with E-state index in [0.717, 1.165) is 0 Å². The fraction of sp³-hybridized carbons (Fsp3) is 0.429. The van der Waals surface area contributed by atoms with E-state index in [2.05, 4.69) is 10.2 Å². The van der Waals surface area contributed by atoms with E-state index in [-0.39, 0.29) is 5.69 Å². The summed E-state index contributed by atoms with van der Waals surface area (Å²) < 4.78 is 35.5. The van der Waals surface area contributed by atoms with Crippen molar-refractivity contribution in [2.75, 3.05) is 0 Å². The van der Waals surface area contributed by atoms with Gasteiger partial charge in [0.15, 0.2) is 6.10 Å².